The number of benzene rings is 1. The minimum Gasteiger partial charge on any atom is -0.466 e. The largest absolute Gasteiger partial charge is 0.466 e. The van der Waals surface area contributed by atoms with Crippen molar-refractivity contribution in [2.75, 3.05) is 26.2 Å². The molecule has 1 aromatic carbocycles. The zero-order valence-electron chi connectivity index (χ0n) is 16.4. The Morgan fingerprint density at radius 3 is 2.79 bits per heavy atom. The maximum Gasteiger partial charge on any atom is 0.313 e. The number of nitrogens with zero attached hydrogens (tertiary/aromatic N) is 2. The molecule has 1 fully saturated rings. The van der Waals surface area contributed by atoms with Crippen molar-refractivity contribution in [3.05, 3.63) is 35.6 Å². The third kappa shape index (κ3) is 4.76. The summed E-state index contributed by atoms with van der Waals surface area (Å²) in [7, 11) is 0. The first-order valence-electron chi connectivity index (χ1n) is 9.79. The molecule has 0 amide bonds. The van der Waals surface area contributed by atoms with Crippen molar-refractivity contribution < 1.29 is 23.6 Å². The Labute approximate surface area is 164 Å². The number of ether oxygens (including phenoxy) is 1. The Morgan fingerprint density at radius 2 is 2.11 bits per heavy atom. The SMILES string of the molecule is CCOC(=O)[C@]1(C[C@@H]2CC(c3ccc(F)cc3)=NO2)CCCN(CC(C)=O)C1. The van der Waals surface area contributed by atoms with Crippen molar-refractivity contribution in [1.82, 2.24) is 4.90 Å². The fraction of sp³-hybridized carbons (Fsp3) is 0.571. The lowest BCUT2D eigenvalue weighted by molar-refractivity contribution is -0.162. The minimum absolute atomic E-state index is 0.0821. The fourth-order valence-electron chi connectivity index (χ4n) is 4.16. The van der Waals surface area contributed by atoms with Crippen LogP contribution < -0.4 is 0 Å². The highest BCUT2D eigenvalue weighted by molar-refractivity contribution is 6.01. The normalized spacial score (nSPS) is 25.1. The van der Waals surface area contributed by atoms with Gasteiger partial charge in [-0.2, -0.15) is 0 Å². The second-order valence-electron chi connectivity index (χ2n) is 7.70. The van der Waals surface area contributed by atoms with E-state index in [-0.39, 0.29) is 23.7 Å². The number of Topliss-reactive ketones (excluding diaryl/α,β-unsaturated/α-hetero) is 1. The van der Waals surface area contributed by atoms with Crippen LogP contribution in [0.2, 0.25) is 0 Å². The number of carbonyl (C=O) groups excluding carboxylic acids is 2. The molecule has 0 unspecified atom stereocenters. The fourth-order valence-corrected chi connectivity index (χ4v) is 4.16. The van der Waals surface area contributed by atoms with Gasteiger partial charge < -0.3 is 9.57 Å². The number of oxime groups is 1. The number of rotatable bonds is 7. The van der Waals surface area contributed by atoms with Crippen LogP contribution in [-0.4, -0.2) is 54.7 Å². The molecule has 3 rings (SSSR count). The number of piperidine rings is 1. The quantitative estimate of drug-likeness (QED) is 0.670. The molecule has 0 radical (unpaired) electrons. The lowest BCUT2D eigenvalue weighted by Crippen LogP contribution is -2.51. The highest BCUT2D eigenvalue weighted by Gasteiger charge is 2.46. The van der Waals surface area contributed by atoms with Crippen LogP contribution >= 0.6 is 0 Å². The van der Waals surface area contributed by atoms with Gasteiger partial charge in [0.2, 0.25) is 0 Å². The van der Waals surface area contributed by atoms with E-state index in [4.69, 9.17) is 9.57 Å². The number of esters is 1. The molecule has 152 valence electrons. The van der Waals surface area contributed by atoms with E-state index in [0.29, 0.717) is 39.0 Å². The van der Waals surface area contributed by atoms with E-state index >= 15 is 0 Å². The molecule has 1 aromatic rings. The van der Waals surface area contributed by atoms with Crippen molar-refractivity contribution in [2.24, 2.45) is 10.6 Å². The van der Waals surface area contributed by atoms with Gasteiger partial charge in [-0.3, -0.25) is 14.5 Å². The topological polar surface area (TPSA) is 68.2 Å². The monoisotopic (exact) mass is 390 g/mol. The smallest absolute Gasteiger partial charge is 0.313 e. The van der Waals surface area contributed by atoms with Gasteiger partial charge in [-0.25, -0.2) is 4.39 Å². The highest BCUT2D eigenvalue weighted by Crippen LogP contribution is 2.39. The lowest BCUT2D eigenvalue weighted by atomic mass is 9.74. The Morgan fingerprint density at radius 1 is 1.36 bits per heavy atom. The molecular weight excluding hydrogens is 363 g/mol. The molecular formula is C21H27FN2O4. The van der Waals surface area contributed by atoms with Gasteiger partial charge in [0, 0.05) is 19.4 Å². The summed E-state index contributed by atoms with van der Waals surface area (Å²) in [4.78, 5) is 32.1. The van der Waals surface area contributed by atoms with Crippen LogP contribution in [0.1, 0.15) is 45.1 Å². The molecule has 2 heterocycles. The van der Waals surface area contributed by atoms with E-state index in [2.05, 4.69) is 5.16 Å². The summed E-state index contributed by atoms with van der Waals surface area (Å²) >= 11 is 0. The van der Waals surface area contributed by atoms with E-state index in [0.717, 1.165) is 24.2 Å². The van der Waals surface area contributed by atoms with Crippen LogP contribution in [0.3, 0.4) is 0 Å². The van der Waals surface area contributed by atoms with Crippen LogP contribution in [0.4, 0.5) is 4.39 Å². The van der Waals surface area contributed by atoms with Crippen LogP contribution in [0.25, 0.3) is 0 Å². The summed E-state index contributed by atoms with van der Waals surface area (Å²) in [6.45, 7) is 5.29. The molecule has 0 spiro atoms. The average Bonchev–Trinajstić information content (AvgIpc) is 3.10. The summed E-state index contributed by atoms with van der Waals surface area (Å²) in [6.07, 6.45) is 2.31. The summed E-state index contributed by atoms with van der Waals surface area (Å²) in [5.74, 6) is -0.449. The number of ketones is 1. The minimum atomic E-state index is -0.706. The van der Waals surface area contributed by atoms with Crippen molar-refractivity contribution in [2.45, 2.75) is 45.6 Å². The van der Waals surface area contributed by atoms with Gasteiger partial charge >= 0.3 is 5.97 Å². The molecule has 7 heteroatoms. The van der Waals surface area contributed by atoms with Gasteiger partial charge in [-0.1, -0.05) is 17.3 Å². The summed E-state index contributed by atoms with van der Waals surface area (Å²) < 4.78 is 18.5. The van der Waals surface area contributed by atoms with Crippen molar-refractivity contribution >= 4 is 17.5 Å². The van der Waals surface area contributed by atoms with Gasteiger partial charge in [-0.05, 0) is 50.9 Å². The van der Waals surface area contributed by atoms with E-state index < -0.39 is 5.41 Å². The number of halogens is 1. The molecule has 0 N–H and O–H groups in total. The Balaban J connectivity index is 1.71. The van der Waals surface area contributed by atoms with Crippen LogP contribution in [0, 0.1) is 11.2 Å². The third-order valence-corrected chi connectivity index (χ3v) is 5.34. The molecule has 0 bridgehead atoms. The van der Waals surface area contributed by atoms with Crippen LogP contribution in [-0.2, 0) is 19.2 Å². The predicted octanol–water partition coefficient (Wildman–Crippen LogP) is 2.94. The number of likely N-dealkylation sites (tertiary alicyclic amines) is 1. The average molecular weight is 390 g/mol. The molecule has 2 atom stereocenters. The van der Waals surface area contributed by atoms with Crippen molar-refractivity contribution in [1.29, 1.82) is 0 Å². The molecule has 0 saturated carbocycles. The molecule has 1 saturated heterocycles. The Kier molecular flexibility index (Phi) is 6.44. The number of hydrogen-bond acceptors (Lipinski definition) is 6. The summed E-state index contributed by atoms with van der Waals surface area (Å²) in [6, 6.07) is 6.14. The Hall–Kier alpha value is -2.28. The molecule has 0 aromatic heterocycles. The van der Waals surface area contributed by atoms with E-state index in [9.17, 15) is 14.0 Å². The maximum atomic E-state index is 13.1. The number of carbonyl (C=O) groups is 2. The van der Waals surface area contributed by atoms with E-state index in [1.807, 2.05) is 4.90 Å². The van der Waals surface area contributed by atoms with Gasteiger partial charge in [0.1, 0.15) is 17.7 Å². The first kappa shape index (κ1) is 20.5. The second-order valence-corrected chi connectivity index (χ2v) is 7.70. The third-order valence-electron chi connectivity index (χ3n) is 5.34. The van der Waals surface area contributed by atoms with Crippen molar-refractivity contribution in [3.8, 4) is 0 Å². The van der Waals surface area contributed by atoms with Gasteiger partial charge in [-0.15, -0.1) is 0 Å². The van der Waals surface area contributed by atoms with Gasteiger partial charge in [0.25, 0.3) is 0 Å². The zero-order valence-corrected chi connectivity index (χ0v) is 16.4. The molecule has 2 aliphatic heterocycles. The first-order chi connectivity index (χ1) is 13.4. The molecule has 6 nitrogen and oxygen atoms in total. The highest BCUT2D eigenvalue weighted by atomic mass is 19.1. The van der Waals surface area contributed by atoms with Gasteiger partial charge in [0.15, 0.2) is 0 Å². The molecule has 28 heavy (non-hydrogen) atoms. The zero-order chi connectivity index (χ0) is 20.1. The first-order valence-corrected chi connectivity index (χ1v) is 9.79. The van der Waals surface area contributed by atoms with E-state index in [1.54, 1.807) is 26.0 Å². The number of hydrogen-bond donors (Lipinski definition) is 0. The summed E-state index contributed by atoms with van der Waals surface area (Å²) in [5, 5.41) is 4.16. The summed E-state index contributed by atoms with van der Waals surface area (Å²) in [5.41, 5.74) is 0.860. The standard InChI is InChI=1S/C21H27FN2O4/c1-3-27-20(26)21(9-4-10-24(14-21)13-15(2)25)12-18-11-19(23-28-18)16-5-7-17(22)8-6-16/h5-8,18H,3-4,9-14H2,1-2H3/t18-,21-/m0/s1. The van der Waals surface area contributed by atoms with Crippen molar-refractivity contribution in [3.63, 3.8) is 0 Å². The predicted molar refractivity (Wildman–Crippen MR) is 102 cm³/mol. The Bertz CT molecular complexity index is 749. The lowest BCUT2D eigenvalue weighted by Gasteiger charge is -2.41. The van der Waals surface area contributed by atoms with E-state index in [1.165, 1.54) is 12.1 Å². The van der Waals surface area contributed by atoms with Crippen LogP contribution in [0.5, 0.6) is 0 Å². The maximum absolute atomic E-state index is 13.1. The molecule has 0 aliphatic carbocycles. The van der Waals surface area contributed by atoms with Gasteiger partial charge in [0.05, 0.1) is 24.3 Å². The molecule has 2 aliphatic rings. The second kappa shape index (κ2) is 8.82. The van der Waals surface area contributed by atoms with Crippen LogP contribution in [0.15, 0.2) is 29.4 Å².